The fourth-order valence-corrected chi connectivity index (χ4v) is 2.76. The second-order valence-electron chi connectivity index (χ2n) is 5.26. The van der Waals surface area contributed by atoms with E-state index in [9.17, 15) is 4.79 Å². The summed E-state index contributed by atoms with van der Waals surface area (Å²) in [7, 11) is 0. The van der Waals surface area contributed by atoms with Crippen molar-refractivity contribution in [2.75, 3.05) is 10.6 Å². The van der Waals surface area contributed by atoms with Crippen LogP contribution in [0.5, 0.6) is 0 Å². The largest absolute Gasteiger partial charge is 0.338 e. The molecule has 26 heavy (non-hydrogen) atoms. The molecule has 3 rings (SSSR count). The van der Waals surface area contributed by atoms with Crippen LogP contribution in [0.25, 0.3) is 0 Å². The van der Waals surface area contributed by atoms with Gasteiger partial charge in [0, 0.05) is 11.8 Å². The molecule has 5 nitrogen and oxygen atoms in total. The minimum Gasteiger partial charge on any atom is -0.338 e. The number of hydrogen-bond acceptors (Lipinski definition) is 4. The van der Waals surface area contributed by atoms with Gasteiger partial charge in [0.2, 0.25) is 0 Å². The number of rotatable bonds is 4. The molecule has 3 aromatic rings. The van der Waals surface area contributed by atoms with Gasteiger partial charge in [-0.3, -0.25) is 4.79 Å². The van der Waals surface area contributed by atoms with Gasteiger partial charge in [0.25, 0.3) is 5.91 Å². The van der Waals surface area contributed by atoms with Crippen LogP contribution in [0.4, 0.5) is 17.2 Å². The summed E-state index contributed by atoms with van der Waals surface area (Å²) in [5.74, 6) is 0.0598. The first-order valence-corrected chi connectivity index (χ1v) is 8.31. The number of anilines is 3. The number of halogens is 2. The van der Waals surface area contributed by atoms with Gasteiger partial charge in [-0.1, -0.05) is 41.4 Å². The molecule has 128 valence electrons. The zero-order valence-corrected chi connectivity index (χ0v) is 14.8. The summed E-state index contributed by atoms with van der Waals surface area (Å²) in [6, 6.07) is 17.1. The molecule has 0 fully saturated rings. The monoisotopic (exact) mass is 382 g/mol. The average molecular weight is 383 g/mol. The highest BCUT2D eigenvalue weighted by molar-refractivity contribution is 6.39. The molecule has 0 atom stereocenters. The van der Waals surface area contributed by atoms with Crippen LogP contribution in [-0.4, -0.2) is 10.9 Å². The molecule has 0 spiro atoms. The first-order valence-electron chi connectivity index (χ1n) is 7.56. The van der Waals surface area contributed by atoms with Crippen molar-refractivity contribution in [3.63, 3.8) is 0 Å². The normalized spacial score (nSPS) is 10.0. The van der Waals surface area contributed by atoms with Gasteiger partial charge in [-0.25, -0.2) is 4.98 Å². The number of nitrogens with zero attached hydrogens (tertiary/aromatic N) is 2. The molecule has 7 heteroatoms. The molecule has 0 unspecified atom stereocenters. The molecule has 0 radical (unpaired) electrons. The molecule has 1 aromatic heterocycles. The van der Waals surface area contributed by atoms with Crippen molar-refractivity contribution in [1.82, 2.24) is 4.98 Å². The molecular weight excluding hydrogens is 371 g/mol. The number of carbonyl (C=O) groups is 1. The molecule has 0 aliphatic heterocycles. The quantitative estimate of drug-likeness (QED) is 0.645. The minimum atomic E-state index is -0.358. The van der Waals surface area contributed by atoms with Crippen molar-refractivity contribution >= 4 is 46.3 Å². The average Bonchev–Trinajstić information content (AvgIpc) is 2.65. The van der Waals surface area contributed by atoms with Gasteiger partial charge in [-0.05, 0) is 36.4 Å². The highest BCUT2D eigenvalue weighted by atomic mass is 35.5. The maximum Gasteiger partial charge on any atom is 0.255 e. The second-order valence-corrected chi connectivity index (χ2v) is 6.08. The number of amides is 1. The van der Waals surface area contributed by atoms with Gasteiger partial charge >= 0.3 is 0 Å². The van der Waals surface area contributed by atoms with Crippen molar-refractivity contribution in [2.24, 2.45) is 0 Å². The van der Waals surface area contributed by atoms with Gasteiger partial charge in [-0.15, -0.1) is 0 Å². The molecule has 1 amide bonds. The molecule has 0 saturated carbocycles. The van der Waals surface area contributed by atoms with Gasteiger partial charge in [-0.2, -0.15) is 5.26 Å². The number of benzene rings is 2. The third-order valence-corrected chi connectivity index (χ3v) is 4.16. The zero-order chi connectivity index (χ0) is 18.5. The maximum absolute atomic E-state index is 12.5. The van der Waals surface area contributed by atoms with Crippen molar-refractivity contribution in [3.05, 3.63) is 82.0 Å². The predicted molar refractivity (Wildman–Crippen MR) is 103 cm³/mol. The van der Waals surface area contributed by atoms with Crippen molar-refractivity contribution in [2.45, 2.75) is 0 Å². The highest BCUT2D eigenvalue weighted by Gasteiger charge is 2.11. The van der Waals surface area contributed by atoms with E-state index in [-0.39, 0.29) is 5.91 Å². The Balaban J connectivity index is 1.83. The minimum absolute atomic E-state index is 0.358. The van der Waals surface area contributed by atoms with Gasteiger partial charge in [0.1, 0.15) is 11.9 Å². The number of para-hydroxylation sites is 2. The van der Waals surface area contributed by atoms with Crippen LogP contribution in [0.1, 0.15) is 15.9 Å². The standard InChI is InChI=1S/C19H12Cl2N4O/c20-14-5-3-6-15(21)18(14)25-17-10-12(8-9-23-17)19(26)24-16-7-2-1-4-13(16)11-22/h1-10H,(H,23,25)(H,24,26). The Morgan fingerprint density at radius 3 is 2.50 bits per heavy atom. The van der Waals surface area contributed by atoms with E-state index < -0.39 is 0 Å². The third kappa shape index (κ3) is 3.94. The Morgan fingerprint density at radius 1 is 1.04 bits per heavy atom. The van der Waals surface area contributed by atoms with Crippen LogP contribution in [-0.2, 0) is 0 Å². The zero-order valence-electron chi connectivity index (χ0n) is 13.3. The second kappa shape index (κ2) is 7.87. The summed E-state index contributed by atoms with van der Waals surface area (Å²) >= 11 is 12.3. The van der Waals surface area contributed by atoms with Crippen LogP contribution in [0.3, 0.4) is 0 Å². The topological polar surface area (TPSA) is 77.8 Å². The fourth-order valence-electron chi connectivity index (χ4n) is 2.27. The molecule has 2 aromatic carbocycles. The summed E-state index contributed by atoms with van der Waals surface area (Å²) in [5.41, 5.74) is 1.71. The molecular formula is C19H12Cl2N4O. The van der Waals surface area contributed by atoms with Gasteiger partial charge < -0.3 is 10.6 Å². The Kier molecular flexibility index (Phi) is 5.37. The number of nitrogens with one attached hydrogen (secondary N) is 2. The summed E-state index contributed by atoms with van der Waals surface area (Å²) in [6.45, 7) is 0. The summed E-state index contributed by atoms with van der Waals surface area (Å²) in [5, 5.41) is 15.7. The lowest BCUT2D eigenvalue weighted by Crippen LogP contribution is -2.13. The fraction of sp³-hybridized carbons (Fsp3) is 0. The van der Waals surface area contributed by atoms with E-state index in [0.717, 1.165) is 0 Å². The lowest BCUT2D eigenvalue weighted by Gasteiger charge is -2.11. The Hall–Kier alpha value is -3.07. The lowest BCUT2D eigenvalue weighted by molar-refractivity contribution is 0.102. The van der Waals surface area contributed by atoms with Crippen LogP contribution >= 0.6 is 23.2 Å². The first kappa shape index (κ1) is 17.7. The molecule has 1 heterocycles. The Bertz CT molecular complexity index is 994. The van der Waals surface area contributed by atoms with Gasteiger partial charge in [0.15, 0.2) is 0 Å². The Labute approximate surface area is 160 Å². The predicted octanol–water partition coefficient (Wildman–Crippen LogP) is 5.26. The van der Waals surface area contributed by atoms with Crippen LogP contribution < -0.4 is 10.6 Å². The smallest absolute Gasteiger partial charge is 0.255 e. The highest BCUT2D eigenvalue weighted by Crippen LogP contribution is 2.32. The number of aromatic nitrogens is 1. The molecule has 2 N–H and O–H groups in total. The SMILES string of the molecule is N#Cc1ccccc1NC(=O)c1ccnc(Nc2c(Cl)cccc2Cl)c1. The first-order chi connectivity index (χ1) is 12.6. The number of carbonyl (C=O) groups excluding carboxylic acids is 1. The molecule has 0 aliphatic carbocycles. The summed E-state index contributed by atoms with van der Waals surface area (Å²) < 4.78 is 0. The number of hydrogen-bond donors (Lipinski definition) is 2. The van der Waals surface area contributed by atoms with Crippen molar-refractivity contribution < 1.29 is 4.79 Å². The van der Waals surface area contributed by atoms with E-state index >= 15 is 0 Å². The van der Waals surface area contributed by atoms with E-state index in [1.807, 2.05) is 6.07 Å². The summed E-state index contributed by atoms with van der Waals surface area (Å²) in [4.78, 5) is 16.7. The maximum atomic E-state index is 12.5. The molecule has 0 saturated heterocycles. The van der Waals surface area contributed by atoms with Gasteiger partial charge in [0.05, 0.1) is 27.0 Å². The van der Waals surface area contributed by atoms with Crippen LogP contribution in [0, 0.1) is 11.3 Å². The Morgan fingerprint density at radius 2 is 1.77 bits per heavy atom. The number of pyridine rings is 1. The van der Waals surface area contributed by atoms with Crippen LogP contribution in [0.15, 0.2) is 60.8 Å². The van der Waals surface area contributed by atoms with E-state index in [0.29, 0.717) is 38.4 Å². The van der Waals surface area contributed by atoms with E-state index in [4.69, 9.17) is 28.5 Å². The molecule has 0 aliphatic rings. The van der Waals surface area contributed by atoms with E-state index in [1.54, 1.807) is 54.6 Å². The van der Waals surface area contributed by atoms with E-state index in [1.165, 1.54) is 6.20 Å². The number of nitriles is 1. The molecule has 0 bridgehead atoms. The van der Waals surface area contributed by atoms with E-state index in [2.05, 4.69) is 15.6 Å². The lowest BCUT2D eigenvalue weighted by atomic mass is 10.1. The van der Waals surface area contributed by atoms with Crippen molar-refractivity contribution in [1.29, 1.82) is 5.26 Å². The van der Waals surface area contributed by atoms with Crippen LogP contribution in [0.2, 0.25) is 10.0 Å². The third-order valence-electron chi connectivity index (χ3n) is 3.53. The van der Waals surface area contributed by atoms with Crippen molar-refractivity contribution in [3.8, 4) is 6.07 Å². The summed E-state index contributed by atoms with van der Waals surface area (Å²) in [6.07, 6.45) is 1.50.